The lowest BCUT2D eigenvalue weighted by Crippen LogP contribution is -2.51. The summed E-state index contributed by atoms with van der Waals surface area (Å²) in [4.78, 5) is 13.7. The van der Waals surface area contributed by atoms with E-state index in [0.717, 1.165) is 11.1 Å². The molecule has 2 aliphatic heterocycles. The van der Waals surface area contributed by atoms with Gasteiger partial charge in [0, 0.05) is 12.5 Å². The van der Waals surface area contributed by atoms with Gasteiger partial charge in [0.25, 0.3) is 5.69 Å². The van der Waals surface area contributed by atoms with E-state index in [2.05, 4.69) is 0 Å². The molecule has 1 aliphatic carbocycles. The van der Waals surface area contributed by atoms with Crippen LogP contribution in [0.15, 0.2) is 24.3 Å². The Labute approximate surface area is 127 Å². The lowest BCUT2D eigenvalue weighted by molar-refractivity contribution is -0.385. The van der Waals surface area contributed by atoms with E-state index >= 15 is 0 Å². The van der Waals surface area contributed by atoms with Crippen LogP contribution in [0.5, 0.6) is 0 Å². The van der Waals surface area contributed by atoms with Crippen LogP contribution in [0.25, 0.3) is 0 Å². The van der Waals surface area contributed by atoms with E-state index in [9.17, 15) is 28.5 Å². The van der Waals surface area contributed by atoms with Crippen molar-refractivity contribution in [1.82, 2.24) is 4.81 Å². The van der Waals surface area contributed by atoms with Gasteiger partial charge in [0.1, 0.15) is 11.7 Å². The van der Waals surface area contributed by atoms with E-state index in [0.29, 0.717) is 18.9 Å². The van der Waals surface area contributed by atoms with Gasteiger partial charge in [0.2, 0.25) is 5.69 Å². The fourth-order valence-electron chi connectivity index (χ4n) is 3.46. The zero-order chi connectivity index (χ0) is 16.6. The molecule has 0 radical (unpaired) electrons. The van der Waals surface area contributed by atoms with Crippen LogP contribution >= 0.6 is 0 Å². The highest BCUT2D eigenvalue weighted by Gasteiger charge is 2.62. The highest BCUT2D eigenvalue weighted by molar-refractivity contribution is 5.81. The van der Waals surface area contributed by atoms with Crippen molar-refractivity contribution in [1.29, 1.82) is 0 Å². The lowest BCUT2D eigenvalue weighted by Gasteiger charge is -2.38. The number of rotatable bonds is 1. The summed E-state index contributed by atoms with van der Waals surface area (Å²) in [6, 6.07) is 0.0935. The minimum absolute atomic E-state index is 0.358. The number of nitro groups is 1. The number of hydrogen-bond donors (Lipinski definition) is 0. The molecule has 10 heteroatoms. The molecule has 0 N–H and O–H groups in total. The summed E-state index contributed by atoms with van der Waals surface area (Å²) in [6.45, 7) is 0. The molecule has 0 amide bonds. The van der Waals surface area contributed by atoms with Crippen molar-refractivity contribution < 1.29 is 23.0 Å². The van der Waals surface area contributed by atoms with E-state index < -0.39 is 44.9 Å². The van der Waals surface area contributed by atoms with Crippen molar-refractivity contribution in [2.75, 3.05) is 5.06 Å². The highest BCUT2D eigenvalue weighted by atomic mass is 19.4. The van der Waals surface area contributed by atoms with Crippen LogP contribution in [0.4, 0.5) is 30.2 Å². The van der Waals surface area contributed by atoms with E-state index in [1.807, 2.05) is 0 Å². The summed E-state index contributed by atoms with van der Waals surface area (Å²) in [5.41, 5.74) is -2.78. The second kappa shape index (κ2) is 4.22. The molecule has 1 saturated heterocycles. The van der Waals surface area contributed by atoms with Crippen molar-refractivity contribution in [3.8, 4) is 0 Å². The molecule has 0 saturated carbocycles. The molecule has 1 aromatic rings. The minimum atomic E-state index is -4.84. The first-order chi connectivity index (χ1) is 10.7. The van der Waals surface area contributed by atoms with Crippen molar-refractivity contribution in [2.45, 2.75) is 31.1 Å². The van der Waals surface area contributed by atoms with Gasteiger partial charge in [-0.2, -0.15) is 18.2 Å². The van der Waals surface area contributed by atoms with Gasteiger partial charge in [-0.3, -0.25) is 10.1 Å². The van der Waals surface area contributed by atoms with E-state index in [4.69, 9.17) is 4.94 Å². The van der Waals surface area contributed by atoms with Gasteiger partial charge in [-0.15, -0.1) is 4.81 Å². The van der Waals surface area contributed by atoms with E-state index in [-0.39, 0.29) is 5.69 Å². The number of hydroxylamine groups is 3. The largest absolute Gasteiger partial charge is 0.591 e. The molecule has 7 nitrogen and oxygen atoms in total. The second-order valence-corrected chi connectivity index (χ2v) is 5.68. The second-order valence-electron chi connectivity index (χ2n) is 5.68. The molecule has 1 aromatic carbocycles. The Kier molecular flexibility index (Phi) is 2.64. The first-order valence-electron chi connectivity index (χ1n) is 6.89. The third-order valence-corrected chi connectivity index (χ3v) is 4.42. The number of allylic oxidation sites excluding steroid dienone is 1. The van der Waals surface area contributed by atoms with Gasteiger partial charge in [0.15, 0.2) is 6.04 Å². The minimum Gasteiger partial charge on any atom is -0.591 e. The predicted octanol–water partition coefficient (Wildman–Crippen LogP) is 3.19. The molecule has 3 aliphatic rings. The maximum atomic E-state index is 13.3. The Morgan fingerprint density at radius 1 is 1.39 bits per heavy atom. The number of quaternary nitrogens is 1. The third kappa shape index (κ3) is 1.76. The van der Waals surface area contributed by atoms with Gasteiger partial charge in [-0.05, 0) is 6.42 Å². The van der Waals surface area contributed by atoms with Crippen molar-refractivity contribution in [2.24, 2.45) is 0 Å². The maximum absolute atomic E-state index is 13.3. The summed E-state index contributed by atoms with van der Waals surface area (Å²) in [5, 5.41) is 24.9. The molecule has 0 aromatic heterocycles. The number of alkyl halides is 3. The van der Waals surface area contributed by atoms with Crippen LogP contribution in [0, 0.1) is 15.3 Å². The Morgan fingerprint density at radius 3 is 2.78 bits per heavy atom. The number of nitro benzene ring substituents is 1. The number of hydrogen-bond acceptors (Lipinski definition) is 5. The number of nitrogens with zero attached hydrogens (tertiary/aromatic N) is 3. The van der Waals surface area contributed by atoms with E-state index in [1.54, 1.807) is 12.2 Å². The molecule has 2 bridgehead atoms. The van der Waals surface area contributed by atoms with Gasteiger partial charge in [-0.1, -0.05) is 17.1 Å². The Bertz CT molecular complexity index is 751. The fraction of sp³-hybridized carbons (Fsp3) is 0.385. The fourth-order valence-corrected chi connectivity index (χ4v) is 3.46. The monoisotopic (exact) mass is 329 g/mol. The SMILES string of the molecule is O=[N+]([O-])c1cc(C(F)(F)F)c2c(c1)[N+]1([O-])ON2C2C=CCCC21. The highest BCUT2D eigenvalue weighted by Crippen LogP contribution is 2.58. The quantitative estimate of drug-likeness (QED) is 0.260. The normalized spacial score (nSPS) is 31.2. The van der Waals surface area contributed by atoms with Crippen molar-refractivity contribution >= 4 is 17.1 Å². The summed E-state index contributed by atoms with van der Waals surface area (Å²) in [5.74, 6) is 0. The topological polar surface area (TPSA) is 78.7 Å². The average molecular weight is 329 g/mol. The molecule has 4 rings (SSSR count). The molecule has 3 unspecified atom stereocenters. The standard InChI is InChI=1S/C13H10F3N3O4/c14-13(15,16)8-5-7(18(20)21)6-11-12(8)17-9-3-1-2-4-10(9)19(11,22)23-17/h1,3,5-6,9-10H,2,4H2. The molecule has 2 heterocycles. The summed E-state index contributed by atoms with van der Waals surface area (Å²) >= 11 is 0. The molecule has 1 fully saturated rings. The van der Waals surface area contributed by atoms with Crippen LogP contribution < -0.4 is 9.87 Å². The molecule has 23 heavy (non-hydrogen) atoms. The summed E-state index contributed by atoms with van der Waals surface area (Å²) in [7, 11) is 0. The molecule has 122 valence electrons. The van der Waals surface area contributed by atoms with Crippen LogP contribution in [0.1, 0.15) is 18.4 Å². The number of non-ortho nitro benzene ring substituents is 1. The molecule has 0 spiro atoms. The van der Waals surface area contributed by atoms with Crippen LogP contribution in [-0.4, -0.2) is 17.0 Å². The molecular weight excluding hydrogens is 319 g/mol. The first kappa shape index (κ1) is 14.4. The van der Waals surface area contributed by atoms with Crippen LogP contribution in [0.2, 0.25) is 0 Å². The van der Waals surface area contributed by atoms with Crippen LogP contribution in [0.3, 0.4) is 0 Å². The molecular formula is C13H10F3N3O4. The zero-order valence-electron chi connectivity index (χ0n) is 11.5. The lowest BCUT2D eigenvalue weighted by atomic mass is 9.92. The average Bonchev–Trinajstić information content (AvgIpc) is 2.95. The maximum Gasteiger partial charge on any atom is 0.418 e. The number of anilines is 1. The number of fused-ring (bicyclic) bond motifs is 8. The number of benzene rings is 1. The Balaban J connectivity index is 1.99. The van der Waals surface area contributed by atoms with Gasteiger partial charge in [-0.25, -0.2) is 0 Å². The first-order valence-corrected chi connectivity index (χ1v) is 6.89. The smallest absolute Gasteiger partial charge is 0.418 e. The Morgan fingerprint density at radius 2 is 2.13 bits per heavy atom. The van der Waals surface area contributed by atoms with Crippen molar-refractivity contribution in [3.05, 3.63) is 45.2 Å². The van der Waals surface area contributed by atoms with Gasteiger partial charge >= 0.3 is 6.18 Å². The zero-order valence-corrected chi connectivity index (χ0v) is 11.5. The predicted molar refractivity (Wildman–Crippen MR) is 72.8 cm³/mol. The van der Waals surface area contributed by atoms with Crippen molar-refractivity contribution in [3.63, 3.8) is 0 Å². The Hall–Kier alpha value is -2.17. The van der Waals surface area contributed by atoms with Gasteiger partial charge < -0.3 is 5.21 Å². The molecule has 3 atom stereocenters. The summed E-state index contributed by atoms with van der Waals surface area (Å²) in [6.07, 6.45) is -0.354. The van der Waals surface area contributed by atoms with Gasteiger partial charge in [0.05, 0.1) is 16.6 Å². The summed E-state index contributed by atoms with van der Waals surface area (Å²) < 4.78 is 40.0. The number of halogens is 3. The van der Waals surface area contributed by atoms with Crippen LogP contribution in [-0.2, 0) is 11.1 Å². The van der Waals surface area contributed by atoms with E-state index in [1.165, 1.54) is 0 Å². The third-order valence-electron chi connectivity index (χ3n) is 4.42.